The maximum absolute atomic E-state index is 9.76. The highest BCUT2D eigenvalue weighted by atomic mass is 16.5. The van der Waals surface area contributed by atoms with Gasteiger partial charge >= 0.3 is 0 Å². The van der Waals surface area contributed by atoms with E-state index in [0.29, 0.717) is 13.1 Å². The lowest BCUT2D eigenvalue weighted by atomic mass is 10.2. The van der Waals surface area contributed by atoms with Gasteiger partial charge in [0.15, 0.2) is 0 Å². The minimum absolute atomic E-state index is 0.0370. The Morgan fingerprint density at radius 3 is 2.78 bits per heavy atom. The Kier molecular flexibility index (Phi) is 7.84. The van der Waals surface area contributed by atoms with Gasteiger partial charge in [-0.25, -0.2) is 0 Å². The van der Waals surface area contributed by atoms with E-state index in [4.69, 9.17) is 5.11 Å². The fraction of sp³-hybridized carbons (Fsp3) is 0.500. The molecule has 0 saturated carbocycles. The Hall–Kier alpha value is -1.39. The van der Waals surface area contributed by atoms with Crippen molar-refractivity contribution in [2.24, 2.45) is 0 Å². The number of carbonyl (C=O) groups excluding carboxylic acids is 1. The van der Waals surface area contributed by atoms with Crippen LogP contribution in [0.3, 0.4) is 0 Å². The van der Waals surface area contributed by atoms with E-state index in [9.17, 15) is 4.79 Å². The van der Waals surface area contributed by atoms with Crippen LogP contribution in [-0.4, -0.2) is 30.8 Å². The number of carbonyl (C=O) groups is 1. The van der Waals surface area contributed by atoms with E-state index in [0.717, 1.165) is 37.9 Å². The lowest BCUT2D eigenvalue weighted by Crippen LogP contribution is -2.14. The molecule has 4 heteroatoms. The summed E-state index contributed by atoms with van der Waals surface area (Å²) < 4.78 is 4.54. The van der Waals surface area contributed by atoms with Crippen LogP contribution in [0.2, 0.25) is 0 Å². The van der Waals surface area contributed by atoms with Gasteiger partial charge in [-0.05, 0) is 37.9 Å². The fourth-order valence-corrected chi connectivity index (χ4v) is 1.71. The highest BCUT2D eigenvalue weighted by Gasteiger charge is 2.05. The van der Waals surface area contributed by atoms with Crippen LogP contribution in [0.15, 0.2) is 30.3 Å². The molecule has 1 aliphatic rings. The largest absolute Gasteiger partial charge is 0.463 e. The van der Waals surface area contributed by atoms with Gasteiger partial charge in [0, 0.05) is 0 Å². The van der Waals surface area contributed by atoms with E-state index in [1.165, 1.54) is 0 Å². The van der Waals surface area contributed by atoms with Crippen molar-refractivity contribution < 1.29 is 14.6 Å². The summed E-state index contributed by atoms with van der Waals surface area (Å²) in [5.74, 6) is 0. The van der Waals surface area contributed by atoms with Crippen molar-refractivity contribution in [1.29, 1.82) is 0 Å². The Bertz CT molecular complexity index is 308. The average Bonchev–Trinajstić information content (AvgIpc) is 2.66. The summed E-state index contributed by atoms with van der Waals surface area (Å²) in [5, 5.41) is 12.3. The molecule has 0 spiro atoms. The van der Waals surface area contributed by atoms with E-state index in [1.54, 1.807) is 0 Å². The normalized spacial score (nSPS) is 19.1. The highest BCUT2D eigenvalue weighted by Crippen LogP contribution is 2.02. The van der Waals surface area contributed by atoms with Gasteiger partial charge in [-0.15, -0.1) is 0 Å². The molecule has 1 unspecified atom stereocenters. The minimum Gasteiger partial charge on any atom is -0.463 e. The molecule has 1 aromatic rings. The van der Waals surface area contributed by atoms with Gasteiger partial charge in [-0.3, -0.25) is 4.79 Å². The number of rotatable bonds is 3. The number of aliphatic hydroxyl groups excluding tert-OH is 1. The van der Waals surface area contributed by atoms with E-state index in [1.807, 2.05) is 30.3 Å². The highest BCUT2D eigenvalue weighted by molar-refractivity contribution is 5.37. The second-order valence-corrected chi connectivity index (χ2v) is 4.23. The van der Waals surface area contributed by atoms with Gasteiger partial charge in [-0.2, -0.15) is 0 Å². The summed E-state index contributed by atoms with van der Waals surface area (Å²) in [6.07, 6.45) is 3.00. The van der Waals surface area contributed by atoms with E-state index in [2.05, 4.69) is 10.1 Å². The van der Waals surface area contributed by atoms with Crippen molar-refractivity contribution in [2.45, 2.75) is 32.0 Å². The first-order valence-corrected chi connectivity index (χ1v) is 6.31. The molecular formula is C14H21NO3. The Morgan fingerprint density at radius 2 is 2.06 bits per heavy atom. The van der Waals surface area contributed by atoms with Gasteiger partial charge in [0.1, 0.15) is 6.61 Å². The summed E-state index contributed by atoms with van der Waals surface area (Å²) in [5.41, 5.74) is 1.01. The maximum Gasteiger partial charge on any atom is 0.293 e. The first-order valence-electron chi connectivity index (χ1n) is 6.31. The van der Waals surface area contributed by atoms with Gasteiger partial charge in [0.2, 0.25) is 0 Å². The molecule has 1 aromatic carbocycles. The molecule has 1 saturated heterocycles. The van der Waals surface area contributed by atoms with Crippen molar-refractivity contribution in [3.05, 3.63) is 35.9 Å². The SMILES string of the molecule is O=COCc1ccccc1.OC1CCCNCC1. The molecule has 0 aliphatic carbocycles. The zero-order valence-corrected chi connectivity index (χ0v) is 10.5. The van der Waals surface area contributed by atoms with Crippen molar-refractivity contribution in [1.82, 2.24) is 5.32 Å². The molecule has 1 fully saturated rings. The minimum atomic E-state index is -0.0370. The summed E-state index contributed by atoms with van der Waals surface area (Å²) in [6, 6.07) is 9.55. The standard InChI is InChI=1S/C8H8O2.C6H13NO/c9-7-10-6-8-4-2-1-3-5-8;8-6-2-1-4-7-5-3-6/h1-5,7H,6H2;6-8H,1-5H2. The molecule has 0 amide bonds. The quantitative estimate of drug-likeness (QED) is 0.799. The first kappa shape index (κ1) is 14.7. The molecule has 0 aromatic heterocycles. The summed E-state index contributed by atoms with van der Waals surface area (Å²) >= 11 is 0. The molecule has 2 N–H and O–H groups in total. The number of benzene rings is 1. The van der Waals surface area contributed by atoms with Crippen LogP contribution in [0.5, 0.6) is 0 Å². The summed E-state index contributed by atoms with van der Waals surface area (Å²) in [4.78, 5) is 9.76. The van der Waals surface area contributed by atoms with Crippen LogP contribution >= 0.6 is 0 Å². The topological polar surface area (TPSA) is 58.6 Å². The number of ether oxygens (including phenoxy) is 1. The van der Waals surface area contributed by atoms with Crippen LogP contribution in [0.25, 0.3) is 0 Å². The van der Waals surface area contributed by atoms with Crippen LogP contribution in [0.4, 0.5) is 0 Å². The smallest absolute Gasteiger partial charge is 0.293 e. The monoisotopic (exact) mass is 251 g/mol. The van der Waals surface area contributed by atoms with Crippen LogP contribution in [-0.2, 0) is 16.1 Å². The van der Waals surface area contributed by atoms with Crippen LogP contribution < -0.4 is 5.32 Å². The van der Waals surface area contributed by atoms with Gasteiger partial charge in [0.05, 0.1) is 6.10 Å². The Balaban J connectivity index is 0.000000184. The molecule has 4 nitrogen and oxygen atoms in total. The molecule has 2 rings (SSSR count). The summed E-state index contributed by atoms with van der Waals surface area (Å²) in [6.45, 7) is 2.88. The Morgan fingerprint density at radius 1 is 1.28 bits per heavy atom. The molecule has 18 heavy (non-hydrogen) atoms. The van der Waals surface area contributed by atoms with Gasteiger partial charge < -0.3 is 15.2 Å². The second kappa shape index (κ2) is 9.62. The van der Waals surface area contributed by atoms with E-state index >= 15 is 0 Å². The van der Waals surface area contributed by atoms with Crippen molar-refractivity contribution in [2.75, 3.05) is 13.1 Å². The molecule has 100 valence electrons. The zero-order chi connectivity index (χ0) is 13.1. The third kappa shape index (κ3) is 7.04. The fourth-order valence-electron chi connectivity index (χ4n) is 1.71. The van der Waals surface area contributed by atoms with Crippen LogP contribution in [0, 0.1) is 0 Å². The van der Waals surface area contributed by atoms with E-state index < -0.39 is 0 Å². The number of nitrogens with one attached hydrogen (secondary N) is 1. The lowest BCUT2D eigenvalue weighted by Gasteiger charge is -2.01. The lowest BCUT2D eigenvalue weighted by molar-refractivity contribution is -0.129. The summed E-state index contributed by atoms with van der Waals surface area (Å²) in [7, 11) is 0. The number of hydrogen-bond donors (Lipinski definition) is 2. The van der Waals surface area contributed by atoms with Crippen LogP contribution in [0.1, 0.15) is 24.8 Å². The number of aliphatic hydroxyl groups is 1. The molecule has 1 aliphatic heterocycles. The molecule has 1 heterocycles. The first-order chi connectivity index (χ1) is 8.83. The third-order valence-corrected chi connectivity index (χ3v) is 2.71. The second-order valence-electron chi connectivity index (χ2n) is 4.23. The Labute approximate surface area is 108 Å². The average molecular weight is 251 g/mol. The van der Waals surface area contributed by atoms with Crippen molar-refractivity contribution >= 4 is 6.47 Å². The molecule has 1 atom stereocenters. The van der Waals surface area contributed by atoms with Crippen molar-refractivity contribution in [3.63, 3.8) is 0 Å². The molecule has 0 radical (unpaired) electrons. The zero-order valence-electron chi connectivity index (χ0n) is 10.5. The predicted octanol–water partition coefficient (Wildman–Crippen LogP) is 1.48. The third-order valence-electron chi connectivity index (χ3n) is 2.71. The molecule has 0 bridgehead atoms. The van der Waals surface area contributed by atoms with Crippen molar-refractivity contribution in [3.8, 4) is 0 Å². The molecular weight excluding hydrogens is 230 g/mol. The van der Waals surface area contributed by atoms with Gasteiger partial charge in [-0.1, -0.05) is 30.3 Å². The van der Waals surface area contributed by atoms with Gasteiger partial charge in [0.25, 0.3) is 6.47 Å². The van der Waals surface area contributed by atoms with E-state index in [-0.39, 0.29) is 6.10 Å². The predicted molar refractivity (Wildman–Crippen MR) is 70.0 cm³/mol. The number of hydrogen-bond acceptors (Lipinski definition) is 4. The maximum atomic E-state index is 9.76.